The lowest BCUT2D eigenvalue weighted by molar-refractivity contribution is 0.631. The molecule has 0 aliphatic heterocycles. The fraction of sp³-hybridized carbons (Fsp3) is 0.250. The summed E-state index contributed by atoms with van der Waals surface area (Å²) >= 11 is 0. The van der Waals surface area contributed by atoms with Crippen LogP contribution in [0.3, 0.4) is 0 Å². The lowest BCUT2D eigenvalue weighted by Crippen LogP contribution is -2.02. The lowest BCUT2D eigenvalue weighted by atomic mass is 10.0. The van der Waals surface area contributed by atoms with Crippen LogP contribution in [-0.4, -0.2) is 0 Å². The summed E-state index contributed by atoms with van der Waals surface area (Å²) < 4.78 is 13.6. The van der Waals surface area contributed by atoms with Gasteiger partial charge in [0.2, 0.25) is 0 Å². The van der Waals surface area contributed by atoms with Crippen LogP contribution in [-0.2, 0) is 6.54 Å². The zero-order valence-corrected chi connectivity index (χ0v) is 11.3. The first-order valence-electron chi connectivity index (χ1n) is 6.44. The molecule has 0 aliphatic carbocycles. The van der Waals surface area contributed by atoms with Gasteiger partial charge >= 0.3 is 0 Å². The quantitative estimate of drug-likeness (QED) is 0.809. The van der Waals surface area contributed by atoms with Gasteiger partial charge in [-0.2, -0.15) is 0 Å². The number of nitrogens with one attached hydrogen (secondary N) is 1. The van der Waals surface area contributed by atoms with E-state index in [0.717, 1.165) is 5.56 Å². The van der Waals surface area contributed by atoms with Crippen molar-refractivity contribution in [3.8, 4) is 0 Å². The van der Waals surface area contributed by atoms with Crippen LogP contribution in [0.2, 0.25) is 0 Å². The van der Waals surface area contributed by atoms with Gasteiger partial charge in [0.15, 0.2) is 0 Å². The highest BCUT2D eigenvalue weighted by Gasteiger charge is 2.03. The summed E-state index contributed by atoms with van der Waals surface area (Å²) in [6, 6.07) is 13.0. The van der Waals surface area contributed by atoms with E-state index in [0.29, 0.717) is 23.8 Å². The first-order valence-corrected chi connectivity index (χ1v) is 6.44. The van der Waals surface area contributed by atoms with Gasteiger partial charge in [0, 0.05) is 12.2 Å². The number of benzene rings is 2. The zero-order valence-electron chi connectivity index (χ0n) is 11.3. The number of hydrogen-bond acceptors (Lipinski definition) is 2. The second-order valence-corrected chi connectivity index (χ2v) is 4.99. The van der Waals surface area contributed by atoms with E-state index in [1.165, 1.54) is 11.6 Å². The van der Waals surface area contributed by atoms with Crippen molar-refractivity contribution in [1.82, 2.24) is 0 Å². The summed E-state index contributed by atoms with van der Waals surface area (Å²) in [5.41, 5.74) is 8.85. The minimum Gasteiger partial charge on any atom is -0.399 e. The molecule has 2 aromatic rings. The largest absolute Gasteiger partial charge is 0.399 e. The molecule has 0 aromatic heterocycles. The third kappa shape index (κ3) is 3.47. The van der Waals surface area contributed by atoms with Crippen molar-refractivity contribution in [2.75, 3.05) is 11.1 Å². The Kier molecular flexibility index (Phi) is 4.05. The van der Waals surface area contributed by atoms with Gasteiger partial charge in [-0.25, -0.2) is 4.39 Å². The van der Waals surface area contributed by atoms with E-state index >= 15 is 0 Å². The van der Waals surface area contributed by atoms with Gasteiger partial charge < -0.3 is 11.1 Å². The maximum absolute atomic E-state index is 13.6. The van der Waals surface area contributed by atoms with Gasteiger partial charge in [0.1, 0.15) is 5.82 Å². The van der Waals surface area contributed by atoms with Gasteiger partial charge in [-0.1, -0.05) is 38.1 Å². The van der Waals surface area contributed by atoms with E-state index in [1.807, 2.05) is 0 Å². The molecular weight excluding hydrogens is 239 g/mol. The normalized spacial score (nSPS) is 10.7. The molecule has 2 rings (SSSR count). The molecule has 2 aromatic carbocycles. The van der Waals surface area contributed by atoms with Gasteiger partial charge in [0.05, 0.1) is 5.69 Å². The first-order chi connectivity index (χ1) is 9.06. The van der Waals surface area contributed by atoms with Crippen LogP contribution >= 0.6 is 0 Å². The molecule has 0 bridgehead atoms. The molecular formula is C16H19FN2. The van der Waals surface area contributed by atoms with Gasteiger partial charge in [-0.3, -0.25) is 0 Å². The monoisotopic (exact) mass is 258 g/mol. The molecule has 19 heavy (non-hydrogen) atoms. The van der Waals surface area contributed by atoms with E-state index in [-0.39, 0.29) is 5.82 Å². The van der Waals surface area contributed by atoms with Crippen molar-refractivity contribution in [3.05, 3.63) is 59.4 Å². The van der Waals surface area contributed by atoms with Crippen molar-refractivity contribution in [2.45, 2.75) is 26.3 Å². The number of hydrogen-bond donors (Lipinski definition) is 2. The molecule has 2 nitrogen and oxygen atoms in total. The van der Waals surface area contributed by atoms with Crippen molar-refractivity contribution in [3.63, 3.8) is 0 Å². The van der Waals surface area contributed by atoms with Crippen LogP contribution in [0, 0.1) is 5.82 Å². The van der Waals surface area contributed by atoms with Crippen LogP contribution in [0.5, 0.6) is 0 Å². The summed E-state index contributed by atoms with van der Waals surface area (Å²) in [6.07, 6.45) is 0. The van der Waals surface area contributed by atoms with Crippen LogP contribution in [0.1, 0.15) is 30.9 Å². The number of nitrogens with two attached hydrogens (primary N) is 1. The molecule has 0 radical (unpaired) electrons. The average Bonchev–Trinajstić information content (AvgIpc) is 2.38. The lowest BCUT2D eigenvalue weighted by Gasteiger charge is -2.10. The zero-order chi connectivity index (χ0) is 13.8. The average molecular weight is 258 g/mol. The summed E-state index contributed by atoms with van der Waals surface area (Å²) in [5.74, 6) is 0.204. The molecule has 0 spiro atoms. The van der Waals surface area contributed by atoms with E-state index in [9.17, 15) is 4.39 Å². The second-order valence-electron chi connectivity index (χ2n) is 4.99. The standard InChI is InChI=1S/C16H19FN2/c1-11(2)13-5-3-12(4-6-13)10-19-16-8-7-14(18)9-15(16)17/h3-9,11,19H,10,18H2,1-2H3. The van der Waals surface area contributed by atoms with E-state index in [2.05, 4.69) is 43.4 Å². The van der Waals surface area contributed by atoms with Crippen molar-refractivity contribution >= 4 is 11.4 Å². The van der Waals surface area contributed by atoms with Crippen LogP contribution < -0.4 is 11.1 Å². The van der Waals surface area contributed by atoms with Crippen LogP contribution in [0.15, 0.2) is 42.5 Å². The van der Waals surface area contributed by atoms with Crippen molar-refractivity contribution in [1.29, 1.82) is 0 Å². The van der Waals surface area contributed by atoms with Crippen LogP contribution in [0.4, 0.5) is 15.8 Å². The Morgan fingerprint density at radius 1 is 1.11 bits per heavy atom. The summed E-state index contributed by atoms with van der Waals surface area (Å²) in [6.45, 7) is 4.92. The SMILES string of the molecule is CC(C)c1ccc(CNc2ccc(N)cc2F)cc1. The highest BCUT2D eigenvalue weighted by molar-refractivity contribution is 5.52. The molecule has 3 N–H and O–H groups in total. The molecule has 0 aliphatic rings. The molecule has 3 heteroatoms. The minimum atomic E-state index is -0.321. The Morgan fingerprint density at radius 3 is 2.37 bits per heavy atom. The van der Waals surface area contributed by atoms with Gasteiger partial charge in [-0.05, 0) is 35.2 Å². The Morgan fingerprint density at radius 2 is 1.79 bits per heavy atom. The fourth-order valence-corrected chi connectivity index (χ4v) is 1.89. The van der Waals surface area contributed by atoms with Crippen molar-refractivity contribution < 1.29 is 4.39 Å². The highest BCUT2D eigenvalue weighted by Crippen LogP contribution is 2.19. The Labute approximate surface area is 113 Å². The molecule has 0 fully saturated rings. The maximum atomic E-state index is 13.6. The van der Waals surface area contributed by atoms with Gasteiger partial charge in [-0.15, -0.1) is 0 Å². The third-order valence-corrected chi connectivity index (χ3v) is 3.12. The second kappa shape index (κ2) is 5.74. The van der Waals surface area contributed by atoms with E-state index < -0.39 is 0 Å². The number of anilines is 2. The van der Waals surface area contributed by atoms with E-state index in [4.69, 9.17) is 5.73 Å². The number of rotatable bonds is 4. The fourth-order valence-electron chi connectivity index (χ4n) is 1.89. The summed E-state index contributed by atoms with van der Waals surface area (Å²) in [5, 5.41) is 3.07. The van der Waals surface area contributed by atoms with E-state index in [1.54, 1.807) is 12.1 Å². The Balaban J connectivity index is 2.02. The maximum Gasteiger partial charge on any atom is 0.148 e. The number of halogens is 1. The molecule has 0 unspecified atom stereocenters. The minimum absolute atomic E-state index is 0.321. The number of nitrogen functional groups attached to an aromatic ring is 1. The van der Waals surface area contributed by atoms with Crippen LogP contribution in [0.25, 0.3) is 0 Å². The first kappa shape index (κ1) is 13.4. The predicted molar refractivity (Wildman–Crippen MR) is 78.7 cm³/mol. The van der Waals surface area contributed by atoms with Crippen molar-refractivity contribution in [2.24, 2.45) is 0 Å². The third-order valence-electron chi connectivity index (χ3n) is 3.12. The topological polar surface area (TPSA) is 38.0 Å². The Hall–Kier alpha value is -2.03. The summed E-state index contributed by atoms with van der Waals surface area (Å²) in [7, 11) is 0. The molecule has 0 atom stereocenters. The predicted octanol–water partition coefficient (Wildman–Crippen LogP) is 4.14. The molecule has 0 heterocycles. The molecule has 0 saturated heterocycles. The molecule has 0 saturated carbocycles. The van der Waals surface area contributed by atoms with Gasteiger partial charge in [0.25, 0.3) is 0 Å². The molecule has 0 amide bonds. The summed E-state index contributed by atoms with van der Waals surface area (Å²) in [4.78, 5) is 0. The molecule has 100 valence electrons. The smallest absolute Gasteiger partial charge is 0.148 e. The Bertz CT molecular complexity index is 547. The highest BCUT2D eigenvalue weighted by atomic mass is 19.1.